The van der Waals surface area contributed by atoms with Gasteiger partial charge in [0.1, 0.15) is 5.76 Å². The van der Waals surface area contributed by atoms with E-state index in [0.29, 0.717) is 19.1 Å². The lowest BCUT2D eigenvalue weighted by Crippen LogP contribution is -2.53. The van der Waals surface area contributed by atoms with E-state index in [4.69, 9.17) is 4.42 Å². The Kier molecular flexibility index (Phi) is 14.5. The quantitative estimate of drug-likeness (QED) is 0.524. The highest BCUT2D eigenvalue weighted by Crippen LogP contribution is 2.24. The molecule has 33 heavy (non-hydrogen) atoms. The minimum absolute atomic E-state index is 0.00946. The molecule has 2 aliphatic heterocycles. The molecule has 0 bridgehead atoms. The van der Waals surface area contributed by atoms with E-state index in [-0.39, 0.29) is 12.1 Å². The summed E-state index contributed by atoms with van der Waals surface area (Å²) < 4.78 is 5.61. The van der Waals surface area contributed by atoms with Gasteiger partial charge in [-0.05, 0) is 44.2 Å². The number of aryl methyl sites for hydroxylation is 1. The molecule has 6 nitrogen and oxygen atoms in total. The number of nitrogens with one attached hydrogen (secondary N) is 1. The Morgan fingerprint density at radius 2 is 1.73 bits per heavy atom. The van der Waals surface area contributed by atoms with Gasteiger partial charge < -0.3 is 19.5 Å². The highest BCUT2D eigenvalue weighted by molar-refractivity contribution is 5.74. The summed E-state index contributed by atoms with van der Waals surface area (Å²) in [7, 11) is 0. The van der Waals surface area contributed by atoms with E-state index in [2.05, 4.69) is 35.2 Å². The van der Waals surface area contributed by atoms with Crippen LogP contribution >= 0.6 is 0 Å². The fourth-order valence-electron chi connectivity index (χ4n) is 4.57. The number of nitrogens with zero attached hydrogens (tertiary/aromatic N) is 3. The monoisotopic (exact) mass is 460 g/mol. The number of carbonyl (C=O) groups excluding carboxylic acids is 1. The zero-order chi connectivity index (χ0) is 24.6. The number of urea groups is 1. The van der Waals surface area contributed by atoms with Gasteiger partial charge >= 0.3 is 6.03 Å². The zero-order valence-electron chi connectivity index (χ0n) is 21.8. The molecule has 0 aliphatic carbocycles. The van der Waals surface area contributed by atoms with Crippen LogP contribution in [0.3, 0.4) is 0 Å². The summed E-state index contributed by atoms with van der Waals surface area (Å²) in [6.45, 7) is 24.0. The molecule has 0 saturated carbocycles. The molecule has 1 N–H and O–H groups in total. The summed E-state index contributed by atoms with van der Waals surface area (Å²) in [5.74, 6) is 1.10. The Hall–Kier alpha value is -2.05. The van der Waals surface area contributed by atoms with Crippen LogP contribution in [0.25, 0.3) is 0 Å². The van der Waals surface area contributed by atoms with Crippen LogP contribution in [0.1, 0.15) is 64.7 Å². The molecule has 0 unspecified atom stereocenters. The Morgan fingerprint density at radius 1 is 1.09 bits per heavy atom. The van der Waals surface area contributed by atoms with Crippen molar-refractivity contribution in [2.45, 2.75) is 78.9 Å². The maximum atomic E-state index is 12.5. The molecular weight excluding hydrogens is 412 g/mol. The molecule has 0 atom stereocenters. The molecular formula is C27H48N4O2. The Bertz CT molecular complexity index is 671. The van der Waals surface area contributed by atoms with E-state index in [9.17, 15) is 4.79 Å². The van der Waals surface area contributed by atoms with E-state index in [0.717, 1.165) is 51.3 Å². The molecule has 3 heterocycles. The second kappa shape index (κ2) is 16.5. The number of amides is 2. The summed E-state index contributed by atoms with van der Waals surface area (Å²) in [5.41, 5.74) is 1.25. The summed E-state index contributed by atoms with van der Waals surface area (Å²) in [5, 5.41) is 2.91. The van der Waals surface area contributed by atoms with Crippen molar-refractivity contribution in [1.82, 2.24) is 20.0 Å². The van der Waals surface area contributed by atoms with Gasteiger partial charge in [0.15, 0.2) is 0 Å². The average Bonchev–Trinajstić information content (AvgIpc) is 3.28. The molecule has 2 fully saturated rings. The van der Waals surface area contributed by atoms with Crippen molar-refractivity contribution in [2.24, 2.45) is 0 Å². The Morgan fingerprint density at radius 3 is 2.24 bits per heavy atom. The smallest absolute Gasteiger partial charge is 0.318 e. The highest BCUT2D eigenvalue weighted by atomic mass is 16.3. The van der Waals surface area contributed by atoms with Gasteiger partial charge in [-0.25, -0.2) is 4.79 Å². The van der Waals surface area contributed by atoms with Crippen LogP contribution in [0.5, 0.6) is 0 Å². The van der Waals surface area contributed by atoms with Crippen LogP contribution in [0.15, 0.2) is 42.1 Å². The first-order valence-electron chi connectivity index (χ1n) is 12.9. The van der Waals surface area contributed by atoms with Crippen LogP contribution in [-0.2, 0) is 6.54 Å². The normalized spacial score (nSPS) is 17.7. The van der Waals surface area contributed by atoms with Crippen LogP contribution in [0.2, 0.25) is 0 Å². The number of hydrogen-bond donors (Lipinski definition) is 1. The molecule has 2 aliphatic rings. The van der Waals surface area contributed by atoms with E-state index in [1.807, 2.05) is 44.7 Å². The van der Waals surface area contributed by atoms with Gasteiger partial charge in [-0.15, -0.1) is 13.2 Å². The summed E-state index contributed by atoms with van der Waals surface area (Å²) in [6, 6.07) is 2.98. The molecule has 6 heteroatoms. The molecule has 0 aromatic carbocycles. The van der Waals surface area contributed by atoms with E-state index in [1.54, 1.807) is 12.3 Å². The fourth-order valence-corrected chi connectivity index (χ4v) is 4.57. The molecule has 2 amide bonds. The molecule has 1 aromatic rings. The Labute approximate surface area is 202 Å². The third-order valence-electron chi connectivity index (χ3n) is 6.33. The number of piperidine rings is 2. The van der Waals surface area contributed by atoms with Gasteiger partial charge in [0, 0.05) is 51.4 Å². The van der Waals surface area contributed by atoms with Crippen molar-refractivity contribution in [3.63, 3.8) is 0 Å². The molecule has 0 spiro atoms. The lowest BCUT2D eigenvalue weighted by atomic mass is 9.97. The van der Waals surface area contributed by atoms with Gasteiger partial charge in [0.05, 0.1) is 12.8 Å². The standard InChI is InChI=1S/C23H36N4O2.2C2H6/c1-4-11-24-23(28)27(12-5-2)21-8-15-26(16-9-21)20-6-13-25(14-7-20)18-22-19(3)10-17-29-22;2*1-2/h4-5,10,17,20-21H,1-2,6-9,11-16,18H2,3H3,(H,24,28);2*1-2H3. The Balaban J connectivity index is 0.00000129. The first kappa shape index (κ1) is 29.0. The van der Waals surface area contributed by atoms with Crippen LogP contribution < -0.4 is 5.32 Å². The largest absolute Gasteiger partial charge is 0.468 e. The number of likely N-dealkylation sites (tertiary alicyclic amines) is 2. The van der Waals surface area contributed by atoms with E-state index < -0.39 is 0 Å². The molecule has 3 rings (SSSR count). The maximum Gasteiger partial charge on any atom is 0.318 e. The second-order valence-corrected chi connectivity index (χ2v) is 8.22. The average molecular weight is 461 g/mol. The highest BCUT2D eigenvalue weighted by Gasteiger charge is 2.31. The minimum Gasteiger partial charge on any atom is -0.468 e. The third-order valence-corrected chi connectivity index (χ3v) is 6.33. The van der Waals surface area contributed by atoms with Crippen LogP contribution in [0, 0.1) is 6.92 Å². The van der Waals surface area contributed by atoms with Crippen molar-refractivity contribution < 1.29 is 9.21 Å². The van der Waals surface area contributed by atoms with Gasteiger partial charge in [-0.1, -0.05) is 39.8 Å². The summed E-state index contributed by atoms with van der Waals surface area (Å²) in [6.07, 6.45) is 9.79. The predicted molar refractivity (Wildman–Crippen MR) is 140 cm³/mol. The summed E-state index contributed by atoms with van der Waals surface area (Å²) in [4.78, 5) is 19.5. The topological polar surface area (TPSA) is 52.0 Å². The molecule has 0 radical (unpaired) electrons. The first-order valence-corrected chi connectivity index (χ1v) is 12.9. The number of rotatable bonds is 8. The van der Waals surface area contributed by atoms with Crippen molar-refractivity contribution in [1.29, 1.82) is 0 Å². The predicted octanol–water partition coefficient (Wildman–Crippen LogP) is 5.45. The van der Waals surface area contributed by atoms with E-state index in [1.165, 1.54) is 18.4 Å². The van der Waals surface area contributed by atoms with Gasteiger partial charge in [0.25, 0.3) is 0 Å². The third kappa shape index (κ3) is 9.01. The van der Waals surface area contributed by atoms with Crippen LogP contribution in [-0.4, -0.2) is 72.1 Å². The lowest BCUT2D eigenvalue weighted by Gasteiger charge is -2.43. The van der Waals surface area contributed by atoms with Gasteiger partial charge in [-0.3, -0.25) is 4.90 Å². The molecule has 1 aromatic heterocycles. The SMILES string of the molecule is C=CCNC(=O)N(CC=C)C1CCN(C2CCN(Cc3occc3C)CC2)CC1.CC.CC. The fraction of sp³-hybridized carbons (Fsp3) is 0.667. The maximum absolute atomic E-state index is 12.5. The van der Waals surface area contributed by atoms with Crippen molar-refractivity contribution in [3.8, 4) is 0 Å². The zero-order valence-corrected chi connectivity index (χ0v) is 21.8. The number of hydrogen-bond acceptors (Lipinski definition) is 4. The van der Waals surface area contributed by atoms with E-state index >= 15 is 0 Å². The molecule has 188 valence electrons. The minimum atomic E-state index is -0.00946. The van der Waals surface area contributed by atoms with Gasteiger partial charge in [0.2, 0.25) is 0 Å². The van der Waals surface area contributed by atoms with Crippen molar-refractivity contribution >= 4 is 6.03 Å². The lowest BCUT2D eigenvalue weighted by molar-refractivity contribution is 0.0621. The van der Waals surface area contributed by atoms with Crippen LogP contribution in [0.4, 0.5) is 4.79 Å². The summed E-state index contributed by atoms with van der Waals surface area (Å²) >= 11 is 0. The second-order valence-electron chi connectivity index (χ2n) is 8.22. The van der Waals surface area contributed by atoms with Crippen molar-refractivity contribution in [2.75, 3.05) is 39.3 Å². The number of furan rings is 1. The van der Waals surface area contributed by atoms with Crippen molar-refractivity contribution in [3.05, 3.63) is 49.0 Å². The van der Waals surface area contributed by atoms with Gasteiger partial charge in [-0.2, -0.15) is 0 Å². The first-order chi connectivity index (χ1) is 16.1. The number of carbonyl (C=O) groups is 1. The molecule has 2 saturated heterocycles.